The van der Waals surface area contributed by atoms with E-state index in [1.807, 2.05) is 0 Å². The van der Waals surface area contributed by atoms with Crippen LogP contribution in [0.15, 0.2) is 41.6 Å². The van der Waals surface area contributed by atoms with Crippen LogP contribution in [0.25, 0.3) is 0 Å². The smallest absolute Gasteiger partial charge is 0.341 e. The lowest BCUT2D eigenvalue weighted by atomic mass is 10.0. The van der Waals surface area contributed by atoms with Gasteiger partial charge in [-0.2, -0.15) is 0 Å². The lowest BCUT2D eigenvalue weighted by Crippen LogP contribution is -2.74. The molecule has 11 heteroatoms. The van der Waals surface area contributed by atoms with Crippen molar-refractivity contribution in [3.8, 4) is 0 Å². The molecule has 0 saturated carbocycles. The maximum Gasteiger partial charge on any atom is 0.341 e. The van der Waals surface area contributed by atoms with Gasteiger partial charge in [0.25, 0.3) is 20.1 Å². The number of carbonyl (C=O) groups is 3. The summed E-state index contributed by atoms with van der Waals surface area (Å²) in [6.45, 7) is 6.28. The molecule has 1 saturated heterocycles. The Bertz CT molecular complexity index is 1010. The van der Waals surface area contributed by atoms with Gasteiger partial charge in [0.05, 0.1) is 10.8 Å². The summed E-state index contributed by atoms with van der Waals surface area (Å²) >= 11 is 6.90. The first kappa shape index (κ1) is 28.3. The van der Waals surface area contributed by atoms with Crippen LogP contribution < -0.4 is 5.32 Å². The summed E-state index contributed by atoms with van der Waals surface area (Å²) < 4.78 is 19.0. The van der Waals surface area contributed by atoms with Gasteiger partial charge in [0, 0.05) is 10.9 Å². The molecule has 7 nitrogen and oxygen atoms in total. The van der Waals surface area contributed by atoms with E-state index in [4.69, 9.17) is 4.43 Å². The molecule has 0 spiro atoms. The van der Waals surface area contributed by atoms with E-state index in [2.05, 4.69) is 57.9 Å². The zero-order chi connectivity index (χ0) is 25.8. The molecule has 4 atom stereocenters. The molecule has 2 aliphatic rings. The Morgan fingerprint density at radius 3 is 2.17 bits per heavy atom. The van der Waals surface area contributed by atoms with Crippen molar-refractivity contribution in [2.24, 2.45) is 0 Å². The van der Waals surface area contributed by atoms with Gasteiger partial charge in [-0.1, -0.05) is 90.1 Å². The molecule has 192 valence electrons. The number of rotatable bonds is 11. The molecule has 2 aliphatic heterocycles. The summed E-state index contributed by atoms with van der Waals surface area (Å²) in [5, 5.41) is 2.13. The SMILES string of the molecule is CCC[Si](CCC)(CCC)OC(=O)C1=C(CBr)C(Br)S(=O)[C@@H]2C(NC(=O)c3ccccc3)C(=O)N12. The van der Waals surface area contributed by atoms with Gasteiger partial charge < -0.3 is 9.74 Å². The number of nitrogens with one attached hydrogen (secondary N) is 1. The third-order valence-electron chi connectivity index (χ3n) is 6.39. The van der Waals surface area contributed by atoms with Gasteiger partial charge in [-0.3, -0.25) is 18.7 Å². The average molecular weight is 648 g/mol. The molecule has 2 heterocycles. The second-order valence-corrected chi connectivity index (χ2v) is 16.7. The van der Waals surface area contributed by atoms with Gasteiger partial charge in [-0.25, -0.2) is 4.79 Å². The summed E-state index contributed by atoms with van der Waals surface area (Å²) in [6, 6.07) is 10.2. The van der Waals surface area contributed by atoms with Crippen LogP contribution in [0.2, 0.25) is 18.1 Å². The fourth-order valence-corrected chi connectivity index (χ4v) is 13.1. The van der Waals surface area contributed by atoms with Gasteiger partial charge in [0.1, 0.15) is 21.3 Å². The molecule has 35 heavy (non-hydrogen) atoms. The summed E-state index contributed by atoms with van der Waals surface area (Å²) in [4.78, 5) is 40.9. The third-order valence-corrected chi connectivity index (χ3v) is 15.2. The molecule has 1 fully saturated rings. The Labute approximate surface area is 227 Å². The number of hydrogen-bond acceptors (Lipinski definition) is 5. The first-order valence-corrected chi connectivity index (χ1v) is 17.8. The van der Waals surface area contributed by atoms with Crippen molar-refractivity contribution in [1.29, 1.82) is 0 Å². The highest BCUT2D eigenvalue weighted by Crippen LogP contribution is 2.42. The number of nitrogens with zero attached hydrogens (tertiary/aromatic N) is 1. The fraction of sp³-hybridized carbons (Fsp3) is 0.542. The predicted octanol–water partition coefficient (Wildman–Crippen LogP) is 4.80. The highest BCUT2D eigenvalue weighted by atomic mass is 79.9. The van der Waals surface area contributed by atoms with Crippen LogP contribution in [0.3, 0.4) is 0 Å². The number of alkyl halides is 2. The second-order valence-electron chi connectivity index (χ2n) is 8.89. The lowest BCUT2D eigenvalue weighted by molar-refractivity contribution is -0.148. The Morgan fingerprint density at radius 1 is 1.09 bits per heavy atom. The molecular formula is C24H32Br2N2O5SSi. The molecule has 1 aromatic rings. The lowest BCUT2D eigenvalue weighted by Gasteiger charge is -2.50. The number of hydrogen-bond donors (Lipinski definition) is 1. The molecule has 3 unspecified atom stereocenters. The molecule has 0 aromatic heterocycles. The van der Waals surface area contributed by atoms with Crippen molar-refractivity contribution in [1.82, 2.24) is 10.2 Å². The highest BCUT2D eigenvalue weighted by Gasteiger charge is 2.59. The fourth-order valence-electron chi connectivity index (χ4n) is 4.90. The first-order valence-electron chi connectivity index (χ1n) is 12.0. The van der Waals surface area contributed by atoms with Crippen LogP contribution in [-0.4, -0.2) is 56.1 Å². The van der Waals surface area contributed by atoms with Gasteiger partial charge in [0.15, 0.2) is 0 Å². The molecule has 0 radical (unpaired) electrons. The van der Waals surface area contributed by atoms with Crippen LogP contribution in [0.5, 0.6) is 0 Å². The molecule has 2 amide bonds. The molecule has 1 N–H and O–H groups in total. The van der Waals surface area contributed by atoms with Crippen LogP contribution in [0.1, 0.15) is 50.4 Å². The highest BCUT2D eigenvalue weighted by molar-refractivity contribution is 9.11. The summed E-state index contributed by atoms with van der Waals surface area (Å²) in [6.07, 6.45) is 2.77. The van der Waals surface area contributed by atoms with Gasteiger partial charge in [0.2, 0.25) is 0 Å². The molecule has 0 aliphatic carbocycles. The van der Waals surface area contributed by atoms with E-state index in [0.29, 0.717) is 11.1 Å². The summed E-state index contributed by atoms with van der Waals surface area (Å²) in [5.74, 6) is -1.40. The van der Waals surface area contributed by atoms with Gasteiger partial charge >= 0.3 is 5.97 Å². The van der Waals surface area contributed by atoms with Crippen molar-refractivity contribution >= 4 is 68.8 Å². The zero-order valence-corrected chi connectivity index (χ0v) is 25.2. The van der Waals surface area contributed by atoms with E-state index in [1.54, 1.807) is 30.3 Å². The van der Waals surface area contributed by atoms with Crippen molar-refractivity contribution in [2.45, 2.75) is 73.7 Å². The number of halogens is 2. The third kappa shape index (κ3) is 5.67. The molecule has 0 bridgehead atoms. The Kier molecular flexibility index (Phi) is 9.93. The zero-order valence-electron chi connectivity index (χ0n) is 20.2. The Hall–Kier alpha value is -1.30. The van der Waals surface area contributed by atoms with E-state index in [1.165, 1.54) is 4.90 Å². The standard InChI is InChI=1S/C24H32Br2N2O5SSi/c1-4-12-35(13-5-2,14-6-3)33-24(31)19-17(15-25)20(26)34(32)23-18(22(30)28(19)23)27-21(29)16-10-8-7-9-11-16/h7-11,18,20,23H,4-6,12-15H2,1-3H3,(H,27,29)/t18?,20?,23-,34?/m1/s1. The summed E-state index contributed by atoms with van der Waals surface area (Å²) in [5.41, 5.74) is 1.09. The minimum Gasteiger partial charge on any atom is -0.515 e. The van der Waals surface area contributed by atoms with E-state index < -0.39 is 52.5 Å². The molecule has 1 aromatic carbocycles. The predicted molar refractivity (Wildman–Crippen MR) is 147 cm³/mol. The largest absolute Gasteiger partial charge is 0.515 e. The average Bonchev–Trinajstić information content (AvgIpc) is 2.84. The van der Waals surface area contributed by atoms with E-state index in [0.717, 1.165) is 37.4 Å². The quantitative estimate of drug-likeness (QED) is 0.212. The number of benzene rings is 1. The Balaban J connectivity index is 1.92. The topological polar surface area (TPSA) is 92.8 Å². The Morgan fingerprint density at radius 2 is 1.66 bits per heavy atom. The van der Waals surface area contributed by atoms with Gasteiger partial charge in [-0.15, -0.1) is 0 Å². The summed E-state index contributed by atoms with van der Waals surface area (Å²) in [7, 11) is -3.93. The van der Waals surface area contributed by atoms with Gasteiger partial charge in [-0.05, 0) is 35.8 Å². The van der Waals surface area contributed by atoms with E-state index in [-0.39, 0.29) is 11.0 Å². The minimum atomic E-state index is -2.36. The van der Waals surface area contributed by atoms with Crippen molar-refractivity contribution in [3.05, 3.63) is 47.2 Å². The number of β-lactam (4-membered cyclic amide) rings is 1. The number of amides is 2. The maximum absolute atomic E-state index is 13.7. The van der Waals surface area contributed by atoms with Crippen molar-refractivity contribution in [2.75, 3.05) is 5.33 Å². The molecular weight excluding hydrogens is 616 g/mol. The monoisotopic (exact) mass is 646 g/mol. The number of carbonyl (C=O) groups excluding carboxylic acids is 3. The first-order chi connectivity index (χ1) is 16.7. The maximum atomic E-state index is 13.7. The van der Waals surface area contributed by atoms with Crippen LogP contribution in [0, 0.1) is 0 Å². The van der Waals surface area contributed by atoms with Crippen LogP contribution in [0.4, 0.5) is 0 Å². The minimum absolute atomic E-state index is 0.156. The van der Waals surface area contributed by atoms with Crippen molar-refractivity contribution < 1.29 is 23.0 Å². The second kappa shape index (κ2) is 12.3. The van der Waals surface area contributed by atoms with Crippen LogP contribution >= 0.6 is 31.9 Å². The van der Waals surface area contributed by atoms with E-state index in [9.17, 15) is 18.6 Å². The van der Waals surface area contributed by atoms with E-state index >= 15 is 0 Å². The normalized spacial score (nSPS) is 24.0. The van der Waals surface area contributed by atoms with Crippen LogP contribution in [-0.2, 0) is 24.8 Å². The van der Waals surface area contributed by atoms with Crippen molar-refractivity contribution in [3.63, 3.8) is 0 Å². The number of fused-ring (bicyclic) bond motifs is 1. The molecule has 3 rings (SSSR count).